The number of ether oxygens (including phenoxy) is 1. The molecule has 2 amide bonds. The zero-order valence-corrected chi connectivity index (χ0v) is 21.6. The highest BCUT2D eigenvalue weighted by Gasteiger charge is 2.18. The van der Waals surface area contributed by atoms with Gasteiger partial charge < -0.3 is 10.1 Å². The zero-order valence-electron chi connectivity index (χ0n) is 18.6. The van der Waals surface area contributed by atoms with Crippen LogP contribution in [0.2, 0.25) is 20.1 Å². The first-order valence-electron chi connectivity index (χ1n) is 10.5. The van der Waals surface area contributed by atoms with Crippen LogP contribution in [0.3, 0.4) is 0 Å². The second kappa shape index (κ2) is 11.6. The van der Waals surface area contributed by atoms with Crippen LogP contribution in [-0.2, 0) is 9.59 Å². The molecule has 0 aliphatic rings. The Morgan fingerprint density at radius 2 is 1.59 bits per heavy atom. The van der Waals surface area contributed by atoms with Crippen LogP contribution in [0.1, 0.15) is 15.9 Å². The lowest BCUT2D eigenvalue weighted by Gasteiger charge is -2.11. The minimum atomic E-state index is -1.06. The standard InChI is InChI=1S/C26H15Cl4N3O4/c27-15-9-10-17(20(29)12-15)26(36)37-22-11-8-14-4-1-2-5-16(14)18(22)13-31-33-25(35)24(34)32-21-7-3-6-19(28)23(21)30/h1-13H,(H,32,34)(H,33,35). The predicted molar refractivity (Wildman–Crippen MR) is 146 cm³/mol. The Hall–Kier alpha value is -3.62. The number of hydrogen-bond donors (Lipinski definition) is 2. The van der Waals surface area contributed by atoms with Gasteiger partial charge in [-0.3, -0.25) is 9.59 Å². The number of nitrogens with one attached hydrogen (secondary N) is 2. The first kappa shape index (κ1) is 26.4. The van der Waals surface area contributed by atoms with E-state index >= 15 is 0 Å². The number of hydrogen-bond acceptors (Lipinski definition) is 5. The van der Waals surface area contributed by atoms with Crippen LogP contribution in [0.15, 0.2) is 77.9 Å². The summed E-state index contributed by atoms with van der Waals surface area (Å²) in [6.45, 7) is 0. The molecule has 186 valence electrons. The molecular formula is C26H15Cl4N3O4. The van der Waals surface area contributed by atoms with Crippen LogP contribution in [0.4, 0.5) is 5.69 Å². The maximum Gasteiger partial charge on any atom is 0.345 e. The summed E-state index contributed by atoms with van der Waals surface area (Å²) in [5.74, 6) is -2.63. The van der Waals surface area contributed by atoms with Gasteiger partial charge in [0.15, 0.2) is 0 Å². The van der Waals surface area contributed by atoms with Crippen LogP contribution < -0.4 is 15.5 Å². The van der Waals surface area contributed by atoms with Crippen molar-refractivity contribution in [2.75, 3.05) is 5.32 Å². The Balaban J connectivity index is 1.56. The van der Waals surface area contributed by atoms with Crippen LogP contribution in [0.5, 0.6) is 5.75 Å². The summed E-state index contributed by atoms with van der Waals surface area (Å²) in [6.07, 6.45) is 1.27. The summed E-state index contributed by atoms with van der Waals surface area (Å²) in [7, 11) is 0. The molecule has 0 radical (unpaired) electrons. The number of fused-ring (bicyclic) bond motifs is 1. The van der Waals surface area contributed by atoms with Crippen molar-refractivity contribution < 1.29 is 19.1 Å². The minimum absolute atomic E-state index is 0.0943. The lowest BCUT2D eigenvalue weighted by atomic mass is 10.0. The smallest absolute Gasteiger partial charge is 0.345 e. The summed E-state index contributed by atoms with van der Waals surface area (Å²) >= 11 is 24.0. The highest BCUT2D eigenvalue weighted by molar-refractivity contribution is 6.45. The van der Waals surface area contributed by atoms with E-state index in [1.165, 1.54) is 30.5 Å². The normalized spacial score (nSPS) is 10.9. The van der Waals surface area contributed by atoms with Crippen molar-refractivity contribution in [3.63, 3.8) is 0 Å². The quantitative estimate of drug-likeness (QED) is 0.0904. The Bertz CT molecular complexity index is 1570. The number of carbonyl (C=O) groups is 3. The summed E-state index contributed by atoms with van der Waals surface area (Å²) in [5.41, 5.74) is 2.81. The largest absolute Gasteiger partial charge is 0.422 e. The molecule has 4 aromatic carbocycles. The average molecular weight is 575 g/mol. The maximum absolute atomic E-state index is 12.8. The van der Waals surface area contributed by atoms with Gasteiger partial charge in [-0.25, -0.2) is 10.2 Å². The summed E-state index contributed by atoms with van der Waals surface area (Å²) in [4.78, 5) is 37.3. The van der Waals surface area contributed by atoms with Crippen molar-refractivity contribution in [3.05, 3.63) is 104 Å². The van der Waals surface area contributed by atoms with Gasteiger partial charge in [0.2, 0.25) is 0 Å². The van der Waals surface area contributed by atoms with E-state index in [0.717, 1.165) is 5.39 Å². The number of carbonyl (C=O) groups excluding carboxylic acids is 3. The molecule has 0 aliphatic heterocycles. The number of benzene rings is 4. The number of anilines is 1. The maximum atomic E-state index is 12.8. The van der Waals surface area contributed by atoms with Gasteiger partial charge >= 0.3 is 17.8 Å². The molecule has 0 saturated heterocycles. The highest BCUT2D eigenvalue weighted by Crippen LogP contribution is 2.30. The van der Waals surface area contributed by atoms with Crippen LogP contribution >= 0.6 is 46.4 Å². The van der Waals surface area contributed by atoms with Crippen LogP contribution in [-0.4, -0.2) is 24.0 Å². The van der Waals surface area contributed by atoms with Gasteiger partial charge in [-0.2, -0.15) is 5.10 Å². The number of halogens is 4. The average Bonchev–Trinajstić information content (AvgIpc) is 2.87. The first-order valence-corrected chi connectivity index (χ1v) is 12.0. The van der Waals surface area contributed by atoms with Gasteiger partial charge in [-0.15, -0.1) is 0 Å². The molecule has 0 fully saturated rings. The summed E-state index contributed by atoms with van der Waals surface area (Å²) < 4.78 is 5.59. The molecule has 0 unspecified atom stereocenters. The number of nitrogens with zero attached hydrogens (tertiary/aromatic N) is 1. The molecule has 0 atom stereocenters. The fourth-order valence-electron chi connectivity index (χ4n) is 3.29. The second-order valence-electron chi connectivity index (χ2n) is 7.47. The third-order valence-corrected chi connectivity index (χ3v) is 6.42. The monoisotopic (exact) mass is 573 g/mol. The van der Waals surface area contributed by atoms with E-state index in [4.69, 9.17) is 51.1 Å². The lowest BCUT2D eigenvalue weighted by molar-refractivity contribution is -0.136. The molecule has 0 heterocycles. The van der Waals surface area contributed by atoms with E-state index in [-0.39, 0.29) is 32.1 Å². The predicted octanol–water partition coefficient (Wildman–Crippen LogP) is 6.76. The molecule has 4 rings (SSSR count). The Labute approximate surface area is 230 Å². The molecule has 0 aliphatic carbocycles. The third kappa shape index (κ3) is 6.21. The summed E-state index contributed by atoms with van der Waals surface area (Å²) in [5, 5.41) is 8.57. The highest BCUT2D eigenvalue weighted by atomic mass is 35.5. The van der Waals surface area contributed by atoms with Crippen molar-refractivity contribution >= 4 is 86.9 Å². The van der Waals surface area contributed by atoms with Gasteiger partial charge in [0.25, 0.3) is 0 Å². The molecule has 0 spiro atoms. The molecule has 11 heteroatoms. The van der Waals surface area contributed by atoms with Crippen molar-refractivity contribution in [2.45, 2.75) is 0 Å². The van der Waals surface area contributed by atoms with Crippen LogP contribution in [0.25, 0.3) is 10.8 Å². The van der Waals surface area contributed by atoms with Crippen molar-refractivity contribution in [2.24, 2.45) is 5.10 Å². The summed E-state index contributed by atoms with van der Waals surface area (Å²) in [6, 6.07) is 19.6. The molecule has 0 aromatic heterocycles. The first-order chi connectivity index (χ1) is 17.7. The minimum Gasteiger partial charge on any atom is -0.422 e. The fraction of sp³-hybridized carbons (Fsp3) is 0. The molecule has 7 nitrogen and oxygen atoms in total. The van der Waals surface area contributed by atoms with E-state index in [9.17, 15) is 14.4 Å². The molecule has 0 bridgehead atoms. The number of rotatable bonds is 5. The van der Waals surface area contributed by atoms with Gasteiger partial charge in [0.05, 0.1) is 32.5 Å². The third-order valence-electron chi connectivity index (χ3n) is 5.05. The van der Waals surface area contributed by atoms with Gasteiger partial charge in [0.1, 0.15) is 5.75 Å². The van der Waals surface area contributed by atoms with E-state index in [1.807, 2.05) is 12.1 Å². The van der Waals surface area contributed by atoms with E-state index in [2.05, 4.69) is 15.8 Å². The zero-order chi connectivity index (χ0) is 26.5. The van der Waals surface area contributed by atoms with E-state index in [0.29, 0.717) is 16.0 Å². The molecular weight excluding hydrogens is 560 g/mol. The lowest BCUT2D eigenvalue weighted by Crippen LogP contribution is -2.32. The number of esters is 1. The Morgan fingerprint density at radius 3 is 2.38 bits per heavy atom. The molecule has 37 heavy (non-hydrogen) atoms. The number of hydrazone groups is 1. The van der Waals surface area contributed by atoms with Crippen LogP contribution in [0, 0.1) is 0 Å². The molecule has 4 aromatic rings. The Kier molecular flexibility index (Phi) is 8.31. The second-order valence-corrected chi connectivity index (χ2v) is 9.10. The van der Waals surface area contributed by atoms with Crippen molar-refractivity contribution in [3.8, 4) is 5.75 Å². The fourth-order valence-corrected chi connectivity index (χ4v) is 4.13. The Morgan fingerprint density at radius 1 is 0.811 bits per heavy atom. The SMILES string of the molecule is O=C(NN=Cc1c(OC(=O)c2ccc(Cl)cc2Cl)ccc2ccccc12)C(=O)Nc1cccc(Cl)c1Cl. The van der Waals surface area contributed by atoms with Gasteiger partial charge in [-0.05, 0) is 47.2 Å². The van der Waals surface area contributed by atoms with Crippen molar-refractivity contribution in [1.82, 2.24) is 5.43 Å². The van der Waals surface area contributed by atoms with Gasteiger partial charge in [0, 0.05) is 10.6 Å². The van der Waals surface area contributed by atoms with E-state index < -0.39 is 17.8 Å². The number of amides is 2. The van der Waals surface area contributed by atoms with Gasteiger partial charge in [-0.1, -0.05) is 82.8 Å². The molecule has 0 saturated carbocycles. The van der Waals surface area contributed by atoms with E-state index in [1.54, 1.807) is 36.4 Å². The molecule has 2 N–H and O–H groups in total. The topological polar surface area (TPSA) is 96.9 Å². The van der Waals surface area contributed by atoms with Crippen molar-refractivity contribution in [1.29, 1.82) is 0 Å².